The number of nitrogens with one attached hydrogen (secondary N) is 1. The highest BCUT2D eigenvalue weighted by Gasteiger charge is 2.21. The maximum Gasteiger partial charge on any atom is 0.283 e. The van der Waals surface area contributed by atoms with Gasteiger partial charge in [0.1, 0.15) is 26.4 Å². The molecule has 0 aliphatic rings. The second kappa shape index (κ2) is 7.73. The van der Waals surface area contributed by atoms with Gasteiger partial charge in [-0.05, 0) is 29.6 Å². The monoisotopic (exact) mass is 447 g/mol. The Morgan fingerprint density at radius 2 is 1.90 bits per heavy atom. The van der Waals surface area contributed by atoms with Crippen LogP contribution in [0.5, 0.6) is 0 Å². The molecule has 0 spiro atoms. The lowest BCUT2D eigenvalue weighted by atomic mass is 10.3. The lowest BCUT2D eigenvalue weighted by Gasteiger charge is -2.05. The first-order valence-corrected chi connectivity index (χ1v) is 11.1. The van der Waals surface area contributed by atoms with Crippen LogP contribution >= 0.6 is 22.7 Å². The molecule has 0 saturated heterocycles. The third-order valence-electron chi connectivity index (χ3n) is 3.56. The fourth-order valence-corrected chi connectivity index (χ4v) is 5.04. The van der Waals surface area contributed by atoms with Crippen molar-refractivity contribution in [3.63, 3.8) is 0 Å². The number of nitrogens with zero attached hydrogens (tertiary/aromatic N) is 4. The Balaban J connectivity index is 1.59. The number of hydrogen-bond donors (Lipinski definition) is 1. The third kappa shape index (κ3) is 4.18. The molecule has 12 heteroatoms. The molecular weight excluding hydrogens is 437 g/mol. The third-order valence-corrected chi connectivity index (χ3v) is 7.29. The van der Waals surface area contributed by atoms with Crippen LogP contribution in [0, 0.1) is 5.82 Å². The highest BCUT2D eigenvalue weighted by atomic mass is 32.2. The van der Waals surface area contributed by atoms with Gasteiger partial charge in [-0.15, -0.1) is 21.5 Å². The molecule has 1 N–H and O–H groups in total. The average Bonchev–Trinajstić information content (AvgIpc) is 3.40. The molecule has 4 heterocycles. The molecule has 8 nitrogen and oxygen atoms in total. The predicted octanol–water partition coefficient (Wildman–Crippen LogP) is 2.98. The molecule has 0 aliphatic heterocycles. The van der Waals surface area contributed by atoms with E-state index >= 15 is 0 Å². The smallest absolute Gasteiger partial charge is 0.266 e. The molecule has 4 rings (SSSR count). The zero-order valence-corrected chi connectivity index (χ0v) is 16.8. The number of hydrogen-bond acceptors (Lipinski definition) is 9. The van der Waals surface area contributed by atoms with Gasteiger partial charge >= 0.3 is 0 Å². The zero-order chi connectivity index (χ0) is 20.4. The minimum absolute atomic E-state index is 0.0273. The summed E-state index contributed by atoms with van der Waals surface area (Å²) in [4.78, 5) is 20.3. The van der Waals surface area contributed by atoms with Crippen molar-refractivity contribution in [1.82, 2.24) is 24.9 Å². The molecule has 4 aromatic heterocycles. The number of aromatic nitrogens is 4. The summed E-state index contributed by atoms with van der Waals surface area (Å²) in [5, 5.41) is 10.4. The van der Waals surface area contributed by atoms with Crippen LogP contribution in [0.1, 0.15) is 10.5 Å². The van der Waals surface area contributed by atoms with E-state index in [0.717, 1.165) is 28.9 Å². The summed E-state index contributed by atoms with van der Waals surface area (Å²) in [5.41, 5.74) is 0.704. The lowest BCUT2D eigenvalue weighted by Crippen LogP contribution is -2.30. The number of thiophene rings is 1. The van der Waals surface area contributed by atoms with Gasteiger partial charge in [0, 0.05) is 11.8 Å². The van der Waals surface area contributed by atoms with Crippen LogP contribution in [-0.4, -0.2) is 34.5 Å². The van der Waals surface area contributed by atoms with Crippen molar-refractivity contribution in [2.24, 2.45) is 0 Å². The van der Waals surface area contributed by atoms with Crippen molar-refractivity contribution >= 4 is 38.6 Å². The van der Waals surface area contributed by atoms with E-state index in [1.807, 2.05) is 4.72 Å². The molecule has 0 radical (unpaired) electrons. The van der Waals surface area contributed by atoms with Gasteiger partial charge in [0.05, 0.1) is 6.20 Å². The SMILES string of the molecule is O=C(NS(=O)(=O)c1cccs1)c1cccc(-c2nnc(-c3cncc(F)c3)s2)n1. The molecule has 0 unspecified atom stereocenters. The maximum atomic E-state index is 13.4. The van der Waals surface area contributed by atoms with E-state index < -0.39 is 21.7 Å². The van der Waals surface area contributed by atoms with E-state index in [2.05, 4.69) is 20.2 Å². The fraction of sp³-hybridized carbons (Fsp3) is 0. The van der Waals surface area contributed by atoms with Crippen LogP contribution in [0.25, 0.3) is 21.3 Å². The van der Waals surface area contributed by atoms with Crippen LogP contribution in [0.2, 0.25) is 0 Å². The Kier molecular flexibility index (Phi) is 5.13. The Morgan fingerprint density at radius 3 is 2.66 bits per heavy atom. The fourth-order valence-electron chi connectivity index (χ4n) is 2.29. The van der Waals surface area contributed by atoms with Crippen molar-refractivity contribution in [2.45, 2.75) is 4.21 Å². The number of rotatable bonds is 5. The molecule has 146 valence electrons. The lowest BCUT2D eigenvalue weighted by molar-refractivity contribution is 0.0976. The number of halogens is 1. The molecular formula is C17H10FN5O3S3. The van der Waals surface area contributed by atoms with Crippen molar-refractivity contribution in [1.29, 1.82) is 0 Å². The van der Waals surface area contributed by atoms with Crippen molar-refractivity contribution in [3.8, 4) is 21.3 Å². The normalized spacial score (nSPS) is 11.3. The number of amides is 1. The van der Waals surface area contributed by atoms with Gasteiger partial charge in [-0.3, -0.25) is 9.78 Å². The molecule has 4 aromatic rings. The highest BCUT2D eigenvalue weighted by molar-refractivity contribution is 7.92. The van der Waals surface area contributed by atoms with Gasteiger partial charge in [0.25, 0.3) is 15.9 Å². The first kappa shape index (κ1) is 19.2. The van der Waals surface area contributed by atoms with Crippen LogP contribution in [-0.2, 0) is 10.0 Å². The van der Waals surface area contributed by atoms with Crippen molar-refractivity contribution in [3.05, 3.63) is 65.7 Å². The predicted molar refractivity (Wildman–Crippen MR) is 105 cm³/mol. The number of pyridine rings is 2. The molecule has 0 saturated carbocycles. The van der Waals surface area contributed by atoms with E-state index in [0.29, 0.717) is 21.3 Å². The second-order valence-electron chi connectivity index (χ2n) is 5.58. The summed E-state index contributed by atoms with van der Waals surface area (Å²) in [6, 6.07) is 8.81. The zero-order valence-electron chi connectivity index (χ0n) is 14.3. The molecule has 1 amide bonds. The van der Waals surface area contributed by atoms with Crippen LogP contribution in [0.3, 0.4) is 0 Å². The summed E-state index contributed by atoms with van der Waals surface area (Å²) in [7, 11) is -3.97. The first-order chi connectivity index (χ1) is 13.9. The van der Waals surface area contributed by atoms with Gasteiger partial charge in [-0.25, -0.2) is 22.5 Å². The van der Waals surface area contributed by atoms with Crippen molar-refractivity contribution < 1.29 is 17.6 Å². The van der Waals surface area contributed by atoms with E-state index in [1.54, 1.807) is 23.6 Å². The standard InChI is InChI=1S/C17H10FN5O3S3/c18-11-7-10(8-19-9-11)16-21-22-17(28-16)13-4-1-3-12(20-13)15(24)23-29(25,26)14-5-2-6-27-14/h1-9H,(H,23,24). The van der Waals surface area contributed by atoms with E-state index in [9.17, 15) is 17.6 Å². The molecule has 0 atom stereocenters. The van der Waals surface area contributed by atoms with E-state index in [-0.39, 0.29) is 9.90 Å². The van der Waals surface area contributed by atoms with Crippen molar-refractivity contribution in [2.75, 3.05) is 0 Å². The van der Waals surface area contributed by atoms with Gasteiger partial charge in [0.2, 0.25) is 0 Å². The molecule has 0 fully saturated rings. The minimum atomic E-state index is -3.97. The maximum absolute atomic E-state index is 13.4. The summed E-state index contributed by atoms with van der Waals surface area (Å²) in [6.07, 6.45) is 2.54. The summed E-state index contributed by atoms with van der Waals surface area (Å²) < 4.78 is 39.8. The Bertz CT molecular complexity index is 1290. The Labute approximate surface area is 172 Å². The van der Waals surface area contributed by atoms with Crippen LogP contribution in [0.4, 0.5) is 4.39 Å². The molecule has 0 aromatic carbocycles. The summed E-state index contributed by atoms with van der Waals surface area (Å²) >= 11 is 2.14. The van der Waals surface area contributed by atoms with Gasteiger partial charge in [0.15, 0.2) is 5.01 Å². The quantitative estimate of drug-likeness (QED) is 0.500. The first-order valence-electron chi connectivity index (χ1n) is 7.95. The van der Waals surface area contributed by atoms with Crippen LogP contribution in [0.15, 0.2) is 58.4 Å². The topological polar surface area (TPSA) is 115 Å². The Hall–Kier alpha value is -3.09. The second-order valence-corrected chi connectivity index (χ2v) is 9.41. The van der Waals surface area contributed by atoms with E-state index in [4.69, 9.17) is 0 Å². The highest BCUT2D eigenvalue weighted by Crippen LogP contribution is 2.29. The molecule has 29 heavy (non-hydrogen) atoms. The molecule has 0 aliphatic carbocycles. The van der Waals surface area contributed by atoms with Gasteiger partial charge in [-0.1, -0.05) is 23.5 Å². The Morgan fingerprint density at radius 1 is 1.07 bits per heavy atom. The number of sulfonamides is 1. The minimum Gasteiger partial charge on any atom is -0.266 e. The number of carbonyl (C=O) groups is 1. The average molecular weight is 447 g/mol. The summed E-state index contributed by atoms with van der Waals surface area (Å²) in [6.45, 7) is 0. The van der Waals surface area contributed by atoms with Gasteiger partial charge < -0.3 is 0 Å². The largest absolute Gasteiger partial charge is 0.283 e. The molecule has 0 bridgehead atoms. The summed E-state index contributed by atoms with van der Waals surface area (Å²) in [5.74, 6) is -1.36. The van der Waals surface area contributed by atoms with Crippen LogP contribution < -0.4 is 4.72 Å². The van der Waals surface area contributed by atoms with E-state index in [1.165, 1.54) is 24.4 Å². The number of carbonyl (C=O) groups excluding carboxylic acids is 1. The van der Waals surface area contributed by atoms with Gasteiger partial charge in [-0.2, -0.15) is 0 Å².